The third-order valence-electron chi connectivity index (χ3n) is 4.26. The standard InChI is InChI=1S/C14H23N3OS/c1-11(18)13-9-15-14(19-13)17-8-5-12(10-17)16-6-3-2-4-7-16/h9,11-12,18H,2-8,10H2,1H3. The highest BCUT2D eigenvalue weighted by Crippen LogP contribution is 2.30. The van der Waals surface area contributed by atoms with Crippen molar-refractivity contribution in [2.75, 3.05) is 31.1 Å². The van der Waals surface area contributed by atoms with Crippen LogP contribution in [0.25, 0.3) is 0 Å². The van der Waals surface area contributed by atoms with Gasteiger partial charge >= 0.3 is 0 Å². The molecule has 2 aliphatic heterocycles. The molecule has 3 rings (SSSR count). The average molecular weight is 281 g/mol. The van der Waals surface area contributed by atoms with Crippen LogP contribution < -0.4 is 4.90 Å². The smallest absolute Gasteiger partial charge is 0.185 e. The third-order valence-corrected chi connectivity index (χ3v) is 5.49. The van der Waals surface area contributed by atoms with Crippen LogP contribution in [-0.2, 0) is 0 Å². The number of likely N-dealkylation sites (tertiary alicyclic amines) is 1. The van der Waals surface area contributed by atoms with Gasteiger partial charge in [-0.1, -0.05) is 17.8 Å². The highest BCUT2D eigenvalue weighted by atomic mass is 32.1. The molecule has 1 aromatic heterocycles. The molecule has 0 radical (unpaired) electrons. The van der Waals surface area contributed by atoms with Crippen LogP contribution >= 0.6 is 11.3 Å². The van der Waals surface area contributed by atoms with E-state index in [1.165, 1.54) is 38.8 Å². The number of rotatable bonds is 3. The van der Waals surface area contributed by atoms with Crippen molar-refractivity contribution in [3.63, 3.8) is 0 Å². The Labute approximate surface area is 119 Å². The lowest BCUT2D eigenvalue weighted by Crippen LogP contribution is -2.40. The molecule has 2 saturated heterocycles. The minimum atomic E-state index is -0.397. The number of aromatic nitrogens is 1. The van der Waals surface area contributed by atoms with E-state index in [9.17, 15) is 5.11 Å². The first-order valence-electron chi connectivity index (χ1n) is 7.37. The Bertz CT molecular complexity index is 415. The summed E-state index contributed by atoms with van der Waals surface area (Å²) in [6.45, 7) is 6.56. The van der Waals surface area contributed by atoms with Gasteiger partial charge in [-0.25, -0.2) is 4.98 Å². The quantitative estimate of drug-likeness (QED) is 0.922. The van der Waals surface area contributed by atoms with Crippen LogP contribution in [0.15, 0.2) is 6.20 Å². The maximum absolute atomic E-state index is 9.58. The molecule has 2 aliphatic rings. The van der Waals surface area contributed by atoms with E-state index in [2.05, 4.69) is 14.8 Å². The highest BCUT2D eigenvalue weighted by Gasteiger charge is 2.29. The zero-order valence-corrected chi connectivity index (χ0v) is 12.4. The van der Waals surface area contributed by atoms with Crippen LogP contribution in [0.5, 0.6) is 0 Å². The van der Waals surface area contributed by atoms with Gasteiger partial charge in [-0.2, -0.15) is 0 Å². The fourth-order valence-corrected chi connectivity index (χ4v) is 4.00. The van der Waals surface area contributed by atoms with Crippen LogP contribution in [0.1, 0.15) is 43.6 Å². The summed E-state index contributed by atoms with van der Waals surface area (Å²) in [5.41, 5.74) is 0. The van der Waals surface area contributed by atoms with Crippen LogP contribution in [0.3, 0.4) is 0 Å². The molecule has 0 saturated carbocycles. The fraction of sp³-hybridized carbons (Fsp3) is 0.786. The minimum absolute atomic E-state index is 0.397. The van der Waals surface area contributed by atoms with Gasteiger partial charge in [0.25, 0.3) is 0 Å². The highest BCUT2D eigenvalue weighted by molar-refractivity contribution is 7.15. The molecule has 1 N–H and O–H groups in total. The second-order valence-corrected chi connectivity index (χ2v) is 6.75. The minimum Gasteiger partial charge on any atom is -0.388 e. The molecule has 0 aliphatic carbocycles. The Morgan fingerprint density at radius 3 is 2.79 bits per heavy atom. The van der Waals surface area contributed by atoms with E-state index in [1.807, 2.05) is 6.20 Å². The Kier molecular flexibility index (Phi) is 4.05. The molecule has 3 heterocycles. The molecule has 4 nitrogen and oxygen atoms in total. The van der Waals surface area contributed by atoms with Gasteiger partial charge < -0.3 is 10.0 Å². The molecule has 2 unspecified atom stereocenters. The number of piperidine rings is 1. The number of anilines is 1. The number of hydrogen-bond acceptors (Lipinski definition) is 5. The maximum Gasteiger partial charge on any atom is 0.185 e. The molecule has 0 spiro atoms. The fourth-order valence-electron chi connectivity index (χ4n) is 3.11. The van der Waals surface area contributed by atoms with Crippen molar-refractivity contribution >= 4 is 16.5 Å². The molecule has 2 fully saturated rings. The van der Waals surface area contributed by atoms with E-state index in [0.29, 0.717) is 6.04 Å². The first kappa shape index (κ1) is 13.3. The lowest BCUT2D eigenvalue weighted by Gasteiger charge is -2.32. The summed E-state index contributed by atoms with van der Waals surface area (Å²) < 4.78 is 0. The number of thiazole rings is 1. The lowest BCUT2D eigenvalue weighted by atomic mass is 10.1. The molecule has 2 atom stereocenters. The van der Waals surface area contributed by atoms with Gasteiger partial charge in [0.05, 0.1) is 11.0 Å². The van der Waals surface area contributed by atoms with Crippen LogP contribution in [0, 0.1) is 0 Å². The Hall–Kier alpha value is -0.650. The Balaban J connectivity index is 1.61. The SMILES string of the molecule is CC(O)c1cnc(N2CCC(N3CCCCC3)C2)s1. The molecular formula is C14H23N3OS. The van der Waals surface area contributed by atoms with Crippen LogP contribution in [0.4, 0.5) is 5.13 Å². The zero-order chi connectivity index (χ0) is 13.2. The normalized spacial score (nSPS) is 26.8. The summed E-state index contributed by atoms with van der Waals surface area (Å²) in [7, 11) is 0. The van der Waals surface area contributed by atoms with Crippen molar-refractivity contribution in [1.29, 1.82) is 0 Å². The van der Waals surface area contributed by atoms with Gasteiger partial charge in [-0.05, 0) is 39.3 Å². The van der Waals surface area contributed by atoms with Crippen LogP contribution in [-0.4, -0.2) is 47.2 Å². The summed E-state index contributed by atoms with van der Waals surface area (Å²) >= 11 is 1.63. The summed E-state index contributed by atoms with van der Waals surface area (Å²) in [5.74, 6) is 0. The molecule has 19 heavy (non-hydrogen) atoms. The molecule has 1 aromatic rings. The topological polar surface area (TPSA) is 39.6 Å². The monoisotopic (exact) mass is 281 g/mol. The first-order valence-corrected chi connectivity index (χ1v) is 8.18. The molecule has 106 valence electrons. The Morgan fingerprint density at radius 2 is 2.11 bits per heavy atom. The van der Waals surface area contributed by atoms with Crippen molar-refractivity contribution in [3.8, 4) is 0 Å². The predicted octanol–water partition coefficient (Wildman–Crippen LogP) is 2.26. The van der Waals surface area contributed by atoms with Gasteiger partial charge in [0, 0.05) is 25.3 Å². The molecule has 5 heteroatoms. The van der Waals surface area contributed by atoms with Gasteiger partial charge in [0.15, 0.2) is 5.13 Å². The van der Waals surface area contributed by atoms with E-state index in [0.717, 1.165) is 23.1 Å². The summed E-state index contributed by atoms with van der Waals surface area (Å²) in [6.07, 6.45) is 6.80. The van der Waals surface area contributed by atoms with Gasteiger partial charge in [0.1, 0.15) is 0 Å². The van der Waals surface area contributed by atoms with Crippen molar-refractivity contribution in [2.24, 2.45) is 0 Å². The summed E-state index contributed by atoms with van der Waals surface area (Å²) in [4.78, 5) is 10.5. The number of aliphatic hydroxyl groups excluding tert-OH is 1. The second-order valence-electron chi connectivity index (χ2n) is 5.71. The van der Waals surface area contributed by atoms with Crippen LogP contribution in [0.2, 0.25) is 0 Å². The van der Waals surface area contributed by atoms with E-state index < -0.39 is 6.10 Å². The molecule has 0 bridgehead atoms. The second kappa shape index (κ2) is 5.77. The zero-order valence-electron chi connectivity index (χ0n) is 11.6. The van der Waals surface area contributed by atoms with E-state index in [-0.39, 0.29) is 0 Å². The molecule has 0 amide bonds. The molecular weight excluding hydrogens is 258 g/mol. The van der Waals surface area contributed by atoms with Crippen molar-refractivity contribution < 1.29 is 5.11 Å². The van der Waals surface area contributed by atoms with E-state index in [4.69, 9.17) is 0 Å². The summed E-state index contributed by atoms with van der Waals surface area (Å²) in [6, 6.07) is 0.708. The van der Waals surface area contributed by atoms with E-state index >= 15 is 0 Å². The summed E-state index contributed by atoms with van der Waals surface area (Å²) in [5, 5.41) is 10.7. The van der Waals surface area contributed by atoms with Gasteiger partial charge in [0.2, 0.25) is 0 Å². The average Bonchev–Trinajstić information content (AvgIpc) is 3.09. The predicted molar refractivity (Wildman–Crippen MR) is 78.8 cm³/mol. The lowest BCUT2D eigenvalue weighted by molar-refractivity contribution is 0.175. The van der Waals surface area contributed by atoms with Crippen molar-refractivity contribution in [1.82, 2.24) is 9.88 Å². The number of aliphatic hydroxyl groups is 1. The first-order chi connectivity index (χ1) is 9.24. The number of hydrogen-bond donors (Lipinski definition) is 1. The van der Waals surface area contributed by atoms with Crippen molar-refractivity contribution in [3.05, 3.63) is 11.1 Å². The van der Waals surface area contributed by atoms with E-state index in [1.54, 1.807) is 18.3 Å². The number of nitrogens with zero attached hydrogens (tertiary/aromatic N) is 3. The Morgan fingerprint density at radius 1 is 1.32 bits per heavy atom. The molecule has 0 aromatic carbocycles. The van der Waals surface area contributed by atoms with Crippen molar-refractivity contribution in [2.45, 2.75) is 44.8 Å². The third kappa shape index (κ3) is 2.93. The maximum atomic E-state index is 9.58. The van der Waals surface area contributed by atoms with Gasteiger partial charge in [-0.3, -0.25) is 4.90 Å². The largest absolute Gasteiger partial charge is 0.388 e. The van der Waals surface area contributed by atoms with Gasteiger partial charge in [-0.15, -0.1) is 0 Å².